The summed E-state index contributed by atoms with van der Waals surface area (Å²) < 4.78 is 11.8. The molecule has 0 fully saturated rings. The summed E-state index contributed by atoms with van der Waals surface area (Å²) in [6.45, 7) is 9.62. The van der Waals surface area contributed by atoms with E-state index in [0.717, 1.165) is 16.1 Å². The van der Waals surface area contributed by atoms with Gasteiger partial charge in [-0.25, -0.2) is 9.59 Å². The number of aliphatic carboxylic acids is 1. The molecule has 3 aromatic carbocycles. The molecule has 0 saturated carbocycles. The Hall–Kier alpha value is -4.48. The summed E-state index contributed by atoms with van der Waals surface area (Å²) in [5.74, 6) is -1.09. The van der Waals surface area contributed by atoms with Crippen LogP contribution in [0.3, 0.4) is 0 Å². The molecular formula is C31H36N2O7S2. The van der Waals surface area contributed by atoms with Crippen LogP contribution < -0.4 is 14.2 Å². The number of carbonyl (C=O) groups is 2. The van der Waals surface area contributed by atoms with Gasteiger partial charge in [0, 0.05) is 9.79 Å². The summed E-state index contributed by atoms with van der Waals surface area (Å²) in [6.07, 6.45) is 5.16. The summed E-state index contributed by atoms with van der Waals surface area (Å²) in [7, 11) is 0. The van der Waals surface area contributed by atoms with Crippen LogP contribution >= 0.6 is 23.9 Å². The number of aromatic hydroxyl groups is 1. The van der Waals surface area contributed by atoms with Gasteiger partial charge >= 0.3 is 11.9 Å². The van der Waals surface area contributed by atoms with Gasteiger partial charge in [-0.3, -0.25) is 0 Å². The van der Waals surface area contributed by atoms with E-state index in [1.807, 2.05) is 52.0 Å². The van der Waals surface area contributed by atoms with Gasteiger partial charge in [0.05, 0.1) is 22.5 Å². The smallest absolute Gasteiger partial charge is 0.335 e. The van der Waals surface area contributed by atoms with Crippen LogP contribution in [0, 0.1) is 0 Å². The number of ether oxygens (including phenoxy) is 1. The van der Waals surface area contributed by atoms with Gasteiger partial charge in [-0.2, -0.15) is 0 Å². The Labute approximate surface area is 254 Å². The van der Waals surface area contributed by atoms with Crippen LogP contribution in [0.2, 0.25) is 0 Å². The molecule has 42 heavy (non-hydrogen) atoms. The zero-order valence-corrected chi connectivity index (χ0v) is 25.6. The Morgan fingerprint density at radius 1 is 0.810 bits per heavy atom. The van der Waals surface area contributed by atoms with Gasteiger partial charge in [0.15, 0.2) is 0 Å². The minimum absolute atomic E-state index is 0.00231. The molecule has 3 aromatic rings. The number of phenols is 1. The average molecular weight is 613 g/mol. The predicted octanol–water partition coefficient (Wildman–Crippen LogP) is 8.64. The Bertz CT molecular complexity index is 1370. The van der Waals surface area contributed by atoms with Crippen molar-refractivity contribution in [3.8, 4) is 17.2 Å². The van der Waals surface area contributed by atoms with Gasteiger partial charge in [0.25, 0.3) is 0 Å². The number of anilines is 1. The summed E-state index contributed by atoms with van der Waals surface area (Å²) in [5.41, 5.74) is 0.832. The average Bonchev–Trinajstić information content (AvgIpc) is 3.01. The van der Waals surface area contributed by atoms with E-state index in [9.17, 15) is 19.8 Å². The topological polar surface area (TPSA) is 148 Å². The number of allylic oxidation sites excluding steroid dienone is 2. The fraction of sp³-hybridized carbons (Fsp3) is 0.161. The number of aromatic carboxylic acids is 1. The first kappa shape index (κ1) is 35.5. The van der Waals surface area contributed by atoms with Crippen LogP contribution in [0.4, 0.5) is 5.69 Å². The molecule has 11 heteroatoms. The number of phenolic OH excluding ortho intramolecular Hbond substituents is 1. The van der Waals surface area contributed by atoms with Crippen LogP contribution in [-0.4, -0.2) is 32.4 Å². The lowest BCUT2D eigenvalue weighted by Crippen LogP contribution is -2.02. The summed E-state index contributed by atoms with van der Waals surface area (Å²) in [5, 5.41) is 37.4. The molecule has 0 aromatic heterocycles. The molecule has 0 radical (unpaired) electrons. The molecule has 9 nitrogen and oxygen atoms in total. The number of aliphatic hydroxyl groups is 1. The molecule has 3 rings (SSSR count). The van der Waals surface area contributed by atoms with Crippen LogP contribution in [-0.2, 0) is 4.79 Å². The summed E-state index contributed by atoms with van der Waals surface area (Å²) in [6, 6.07) is 18.6. The van der Waals surface area contributed by atoms with E-state index in [4.69, 9.17) is 14.9 Å². The molecule has 6 N–H and O–H groups in total. The first-order valence-corrected chi connectivity index (χ1v) is 14.6. The van der Waals surface area contributed by atoms with Crippen LogP contribution in [0.1, 0.15) is 45.0 Å². The molecule has 0 atom stereocenters. The number of benzene rings is 3. The van der Waals surface area contributed by atoms with E-state index in [1.54, 1.807) is 31.2 Å². The van der Waals surface area contributed by atoms with Crippen LogP contribution in [0.5, 0.6) is 17.2 Å². The number of carboxylic acids is 2. The third-order valence-corrected chi connectivity index (χ3v) is 6.51. The van der Waals surface area contributed by atoms with Crippen molar-refractivity contribution in [2.75, 3.05) is 4.72 Å². The van der Waals surface area contributed by atoms with Crippen molar-refractivity contribution in [2.45, 2.75) is 44.4 Å². The third kappa shape index (κ3) is 11.9. The fourth-order valence-electron chi connectivity index (χ4n) is 2.84. The van der Waals surface area contributed by atoms with Gasteiger partial charge in [0.2, 0.25) is 0 Å². The number of rotatable bonds is 12. The maximum Gasteiger partial charge on any atom is 0.335 e. The highest BCUT2D eigenvalue weighted by Gasteiger charge is 2.08. The first-order valence-electron chi connectivity index (χ1n) is 13.0. The normalized spacial score (nSPS) is 11.0. The standard InChI is InChI=1S/C27H24N2O7S2.2C2H6/c1-2-17(26(32)33)3-5-19(16-30)28-37-22-10-6-20(7-11-22)36-21-8-12-23(13-9-21)38-29-24-14-4-18(27(34)35)15-25(24)31;2*1-2/h2-16,28-31H,1H3,(H,32,33)(H,34,35);2*1-2H3/b5-3-,17-2+,19-16-;;. The molecule has 0 unspecified atom stereocenters. The number of nitrogens with one attached hydrogen (secondary N) is 2. The number of hydrogen-bond donors (Lipinski definition) is 6. The zero-order chi connectivity index (χ0) is 31.5. The Morgan fingerprint density at radius 3 is 1.81 bits per heavy atom. The van der Waals surface area contributed by atoms with Gasteiger partial charge < -0.3 is 34.6 Å². The SMILES string of the molecule is CC.CC.C\C=C(/C=C\C(=C\O)NSc1ccc(Oc2ccc(SNc3ccc(C(=O)O)cc3O)cc2)cc1)C(=O)O. The molecule has 0 bridgehead atoms. The largest absolute Gasteiger partial charge is 0.513 e. The van der Waals surface area contributed by atoms with E-state index < -0.39 is 11.9 Å². The van der Waals surface area contributed by atoms with Gasteiger partial charge in [-0.1, -0.05) is 33.8 Å². The highest BCUT2D eigenvalue weighted by atomic mass is 32.2. The highest BCUT2D eigenvalue weighted by Crippen LogP contribution is 2.31. The van der Waals surface area contributed by atoms with Crippen molar-refractivity contribution >= 4 is 41.5 Å². The summed E-state index contributed by atoms with van der Waals surface area (Å²) in [4.78, 5) is 23.7. The van der Waals surface area contributed by atoms with Crippen molar-refractivity contribution in [3.63, 3.8) is 0 Å². The van der Waals surface area contributed by atoms with Gasteiger partial charge in [-0.15, -0.1) is 0 Å². The van der Waals surface area contributed by atoms with Crippen molar-refractivity contribution in [1.82, 2.24) is 4.72 Å². The van der Waals surface area contributed by atoms with Crippen molar-refractivity contribution in [1.29, 1.82) is 0 Å². The lowest BCUT2D eigenvalue weighted by molar-refractivity contribution is -0.132. The lowest BCUT2D eigenvalue weighted by atomic mass is 10.2. The second-order valence-corrected chi connectivity index (χ2v) is 9.22. The minimum atomic E-state index is -1.11. The number of aliphatic hydroxyl groups excluding tert-OH is 1. The molecule has 224 valence electrons. The quantitative estimate of drug-likeness (QED) is 0.0384. The van der Waals surface area contributed by atoms with E-state index >= 15 is 0 Å². The minimum Gasteiger partial charge on any atom is -0.513 e. The highest BCUT2D eigenvalue weighted by molar-refractivity contribution is 8.00. The second kappa shape index (κ2) is 19.6. The number of hydrogen-bond acceptors (Lipinski definition) is 9. The molecule has 0 saturated heterocycles. The zero-order valence-electron chi connectivity index (χ0n) is 24.0. The molecule has 0 spiro atoms. The first-order chi connectivity index (χ1) is 20.3. The Balaban J connectivity index is 0.00000211. The molecular weight excluding hydrogens is 576 g/mol. The monoisotopic (exact) mass is 612 g/mol. The lowest BCUT2D eigenvalue weighted by Gasteiger charge is -2.10. The van der Waals surface area contributed by atoms with Crippen molar-refractivity contribution in [2.24, 2.45) is 0 Å². The van der Waals surface area contributed by atoms with E-state index in [1.165, 1.54) is 60.3 Å². The second-order valence-electron chi connectivity index (χ2n) is 7.46. The third-order valence-electron chi connectivity index (χ3n) is 4.83. The maximum atomic E-state index is 11.0. The van der Waals surface area contributed by atoms with Gasteiger partial charge in [-0.05, 0) is 110 Å². The van der Waals surface area contributed by atoms with Crippen LogP contribution in [0.25, 0.3) is 0 Å². The number of carboxylic acid groups (broad SMARTS) is 2. The molecule has 0 aliphatic carbocycles. The predicted molar refractivity (Wildman–Crippen MR) is 170 cm³/mol. The van der Waals surface area contributed by atoms with E-state index in [0.29, 0.717) is 22.9 Å². The summed E-state index contributed by atoms with van der Waals surface area (Å²) >= 11 is 2.49. The van der Waals surface area contributed by atoms with E-state index in [2.05, 4.69) is 9.44 Å². The molecule has 0 aliphatic rings. The fourth-order valence-corrected chi connectivity index (χ4v) is 4.15. The maximum absolute atomic E-state index is 11.0. The van der Waals surface area contributed by atoms with E-state index in [-0.39, 0.29) is 16.9 Å². The molecule has 0 amide bonds. The Kier molecular flexibility index (Phi) is 16.6. The molecule has 0 heterocycles. The molecule has 0 aliphatic heterocycles. The van der Waals surface area contributed by atoms with Gasteiger partial charge in [0.1, 0.15) is 23.5 Å². The van der Waals surface area contributed by atoms with Crippen LogP contribution in [0.15, 0.2) is 112 Å². The Morgan fingerprint density at radius 2 is 1.36 bits per heavy atom. The van der Waals surface area contributed by atoms with Crippen molar-refractivity contribution < 1.29 is 34.8 Å². The van der Waals surface area contributed by atoms with Crippen molar-refractivity contribution in [3.05, 3.63) is 108 Å².